The molecule has 0 aliphatic heterocycles. The second-order valence-electron chi connectivity index (χ2n) is 4.35. The number of halogens is 1. The van der Waals surface area contributed by atoms with Gasteiger partial charge in [-0.3, -0.25) is 0 Å². The molecule has 19 heavy (non-hydrogen) atoms. The van der Waals surface area contributed by atoms with E-state index < -0.39 is 0 Å². The Hall–Kier alpha value is -1.17. The molecule has 1 aromatic carbocycles. The molecule has 1 aromatic rings. The van der Waals surface area contributed by atoms with Gasteiger partial charge >= 0.3 is 0 Å². The second-order valence-corrected chi connectivity index (χ2v) is 4.35. The zero-order valence-electron chi connectivity index (χ0n) is 11.7. The van der Waals surface area contributed by atoms with Gasteiger partial charge in [0, 0.05) is 33.4 Å². The lowest BCUT2D eigenvalue weighted by Crippen LogP contribution is -2.20. The van der Waals surface area contributed by atoms with Crippen LogP contribution in [0.15, 0.2) is 18.2 Å². The van der Waals surface area contributed by atoms with Crippen LogP contribution in [0.5, 0.6) is 5.75 Å². The van der Waals surface area contributed by atoms with Crippen LogP contribution in [0.4, 0.5) is 4.39 Å². The largest absolute Gasteiger partial charge is 0.488 e. The molecule has 0 fully saturated rings. The van der Waals surface area contributed by atoms with E-state index in [0.717, 1.165) is 12.1 Å². The van der Waals surface area contributed by atoms with Crippen molar-refractivity contribution in [2.75, 3.05) is 34.0 Å². The number of benzene rings is 1. The van der Waals surface area contributed by atoms with Gasteiger partial charge in [0.15, 0.2) is 0 Å². The van der Waals surface area contributed by atoms with Crippen LogP contribution in [0.2, 0.25) is 0 Å². The van der Waals surface area contributed by atoms with E-state index >= 15 is 0 Å². The summed E-state index contributed by atoms with van der Waals surface area (Å²) in [7, 11) is 3.25. The number of hydrogen-bond donors (Lipinski definition) is 1. The minimum absolute atomic E-state index is 0.110. The molecule has 0 saturated heterocycles. The maximum atomic E-state index is 13.5. The highest BCUT2D eigenvalue weighted by Crippen LogP contribution is 2.18. The van der Waals surface area contributed by atoms with Crippen LogP contribution in [0, 0.1) is 5.82 Å². The molecular formula is C14H22FNO3. The summed E-state index contributed by atoms with van der Waals surface area (Å²) in [5.74, 6) is 0.221. The maximum Gasteiger partial charge on any atom is 0.127 e. The first-order chi connectivity index (χ1) is 9.15. The molecule has 1 N–H and O–H groups in total. The van der Waals surface area contributed by atoms with Crippen molar-refractivity contribution in [2.45, 2.75) is 19.6 Å². The van der Waals surface area contributed by atoms with Gasteiger partial charge < -0.3 is 19.5 Å². The fourth-order valence-corrected chi connectivity index (χ4v) is 1.70. The fourth-order valence-electron chi connectivity index (χ4n) is 1.70. The summed E-state index contributed by atoms with van der Waals surface area (Å²) in [6.07, 6.45) is -0.110. The van der Waals surface area contributed by atoms with Crippen LogP contribution < -0.4 is 10.1 Å². The van der Waals surface area contributed by atoms with Gasteiger partial charge in [0.2, 0.25) is 0 Å². The van der Waals surface area contributed by atoms with Crippen molar-refractivity contribution < 1.29 is 18.6 Å². The Morgan fingerprint density at radius 3 is 2.68 bits per heavy atom. The molecule has 0 saturated carbocycles. The van der Waals surface area contributed by atoms with Crippen molar-refractivity contribution in [3.05, 3.63) is 29.6 Å². The number of methoxy groups -OCH3 is 2. The summed E-state index contributed by atoms with van der Waals surface area (Å²) in [5.41, 5.74) is 0.843. The maximum absolute atomic E-state index is 13.5. The fraction of sp³-hybridized carbons (Fsp3) is 0.571. The van der Waals surface area contributed by atoms with Crippen LogP contribution in [-0.4, -0.2) is 40.1 Å². The number of hydrogen-bond acceptors (Lipinski definition) is 4. The van der Waals surface area contributed by atoms with Gasteiger partial charge in [0.25, 0.3) is 0 Å². The molecule has 0 aliphatic carbocycles. The molecule has 4 nitrogen and oxygen atoms in total. The molecule has 5 heteroatoms. The molecule has 0 spiro atoms. The van der Waals surface area contributed by atoms with Crippen LogP contribution in [0.1, 0.15) is 12.5 Å². The van der Waals surface area contributed by atoms with E-state index in [0.29, 0.717) is 25.5 Å². The predicted octanol–water partition coefficient (Wildman–Crippen LogP) is 1.98. The minimum atomic E-state index is -0.300. The first kappa shape index (κ1) is 15.9. The van der Waals surface area contributed by atoms with Crippen LogP contribution in [-0.2, 0) is 16.0 Å². The quantitative estimate of drug-likeness (QED) is 0.697. The van der Waals surface area contributed by atoms with Gasteiger partial charge in [-0.15, -0.1) is 0 Å². The molecule has 0 heterocycles. The number of rotatable bonds is 9. The Morgan fingerprint density at radius 1 is 1.21 bits per heavy atom. The Balaban J connectivity index is 2.55. The van der Waals surface area contributed by atoms with Gasteiger partial charge in [-0.2, -0.15) is 0 Å². The summed E-state index contributed by atoms with van der Waals surface area (Å²) in [6.45, 7) is 4.28. The van der Waals surface area contributed by atoms with E-state index in [1.165, 1.54) is 12.1 Å². The summed E-state index contributed by atoms with van der Waals surface area (Å²) in [5, 5.41) is 3.16. The summed E-state index contributed by atoms with van der Waals surface area (Å²) in [6, 6.07) is 4.70. The van der Waals surface area contributed by atoms with E-state index in [9.17, 15) is 4.39 Å². The Kier molecular flexibility index (Phi) is 7.40. The normalized spacial score (nSPS) is 12.4. The highest BCUT2D eigenvalue weighted by Gasteiger charge is 2.06. The van der Waals surface area contributed by atoms with Gasteiger partial charge in [0.05, 0.1) is 13.2 Å². The second kappa shape index (κ2) is 8.85. The Labute approximate surface area is 113 Å². The molecule has 0 bridgehead atoms. The molecule has 0 amide bonds. The monoisotopic (exact) mass is 271 g/mol. The molecule has 0 aromatic heterocycles. The van der Waals surface area contributed by atoms with Gasteiger partial charge in [0.1, 0.15) is 17.7 Å². The van der Waals surface area contributed by atoms with E-state index in [4.69, 9.17) is 14.2 Å². The highest BCUT2D eigenvalue weighted by atomic mass is 19.1. The van der Waals surface area contributed by atoms with E-state index in [1.807, 2.05) is 13.0 Å². The molecule has 1 rings (SSSR count). The lowest BCUT2D eigenvalue weighted by Gasteiger charge is -2.15. The predicted molar refractivity (Wildman–Crippen MR) is 71.9 cm³/mol. The number of nitrogens with one attached hydrogen (secondary N) is 1. The summed E-state index contributed by atoms with van der Waals surface area (Å²) < 4.78 is 29.0. The third-order valence-corrected chi connectivity index (χ3v) is 2.48. The Morgan fingerprint density at radius 2 is 2.00 bits per heavy atom. The van der Waals surface area contributed by atoms with Crippen molar-refractivity contribution in [1.29, 1.82) is 0 Å². The van der Waals surface area contributed by atoms with E-state index in [-0.39, 0.29) is 11.9 Å². The SMILES string of the molecule is COCCNCc1cc(F)cc(OC(C)COC)c1. The molecule has 0 radical (unpaired) electrons. The number of ether oxygens (including phenoxy) is 3. The first-order valence-corrected chi connectivity index (χ1v) is 6.30. The zero-order valence-corrected chi connectivity index (χ0v) is 11.7. The minimum Gasteiger partial charge on any atom is -0.488 e. The summed E-state index contributed by atoms with van der Waals surface area (Å²) in [4.78, 5) is 0. The smallest absolute Gasteiger partial charge is 0.127 e. The van der Waals surface area contributed by atoms with Crippen LogP contribution >= 0.6 is 0 Å². The van der Waals surface area contributed by atoms with E-state index in [1.54, 1.807) is 14.2 Å². The van der Waals surface area contributed by atoms with Gasteiger partial charge in [-0.05, 0) is 24.6 Å². The molecule has 108 valence electrons. The van der Waals surface area contributed by atoms with Crippen molar-refractivity contribution in [3.63, 3.8) is 0 Å². The third-order valence-electron chi connectivity index (χ3n) is 2.48. The highest BCUT2D eigenvalue weighted by molar-refractivity contribution is 5.29. The topological polar surface area (TPSA) is 39.7 Å². The van der Waals surface area contributed by atoms with E-state index in [2.05, 4.69) is 5.32 Å². The lowest BCUT2D eigenvalue weighted by molar-refractivity contribution is 0.0918. The van der Waals surface area contributed by atoms with Gasteiger partial charge in [-0.25, -0.2) is 4.39 Å². The van der Waals surface area contributed by atoms with Crippen LogP contribution in [0.3, 0.4) is 0 Å². The van der Waals surface area contributed by atoms with Crippen molar-refractivity contribution >= 4 is 0 Å². The standard InChI is InChI=1S/C14H22FNO3/c1-11(10-18-3)19-14-7-12(6-13(15)8-14)9-16-4-5-17-2/h6-8,11,16H,4-5,9-10H2,1-3H3. The van der Waals surface area contributed by atoms with Crippen LogP contribution in [0.25, 0.3) is 0 Å². The van der Waals surface area contributed by atoms with Crippen molar-refractivity contribution in [3.8, 4) is 5.75 Å². The average Bonchev–Trinajstić information content (AvgIpc) is 2.34. The van der Waals surface area contributed by atoms with Gasteiger partial charge in [-0.1, -0.05) is 0 Å². The van der Waals surface area contributed by atoms with Crippen molar-refractivity contribution in [2.24, 2.45) is 0 Å². The lowest BCUT2D eigenvalue weighted by atomic mass is 10.2. The molecular weight excluding hydrogens is 249 g/mol. The first-order valence-electron chi connectivity index (χ1n) is 6.30. The third kappa shape index (κ3) is 6.52. The zero-order chi connectivity index (χ0) is 14.1. The molecule has 0 aliphatic rings. The van der Waals surface area contributed by atoms with Crippen molar-refractivity contribution in [1.82, 2.24) is 5.32 Å². The Bertz CT molecular complexity index is 374. The average molecular weight is 271 g/mol. The molecule has 1 unspecified atom stereocenters. The summed E-state index contributed by atoms with van der Waals surface area (Å²) >= 11 is 0. The molecule has 1 atom stereocenters.